The summed E-state index contributed by atoms with van der Waals surface area (Å²) in [7, 11) is 0. The quantitative estimate of drug-likeness (QED) is 0.316. The van der Waals surface area contributed by atoms with Crippen molar-refractivity contribution in [3.05, 3.63) is 12.2 Å². The molecule has 0 radical (unpaired) electrons. The molecule has 0 spiro atoms. The first-order valence-electron chi connectivity index (χ1n) is 7.28. The lowest BCUT2D eigenvalue weighted by molar-refractivity contribution is 0.537. The Morgan fingerprint density at radius 3 is 1.31 bits per heavy atom. The highest BCUT2D eigenvalue weighted by Gasteiger charge is 1.93. The Hall–Kier alpha value is -0.260. The van der Waals surface area contributed by atoms with Gasteiger partial charge in [0.1, 0.15) is 0 Å². The smallest absolute Gasteiger partial charge is 0.0351 e. The van der Waals surface area contributed by atoms with E-state index in [4.69, 9.17) is 0 Å². The molecule has 16 heavy (non-hydrogen) atoms. The number of hydrogen-bond donors (Lipinski definition) is 0. The second kappa shape index (κ2) is 11.2. The third kappa shape index (κ3) is 13.7. The van der Waals surface area contributed by atoms with Crippen molar-refractivity contribution in [2.45, 2.75) is 79.1 Å². The highest BCUT2D eigenvalue weighted by molar-refractivity contribution is 4.81. The molecule has 0 aliphatic rings. The van der Waals surface area contributed by atoms with E-state index < -0.39 is 0 Å². The van der Waals surface area contributed by atoms with Crippen molar-refractivity contribution >= 4 is 0 Å². The van der Waals surface area contributed by atoms with E-state index in [2.05, 4.69) is 39.8 Å². The summed E-state index contributed by atoms with van der Waals surface area (Å²) in [6.07, 6.45) is 15.7. The van der Waals surface area contributed by atoms with Crippen molar-refractivity contribution in [3.8, 4) is 0 Å². The SMILES string of the molecule is CC(C)CCCC/C=C\CCCCC(C)C. The molecule has 0 unspecified atom stereocenters. The zero-order valence-electron chi connectivity index (χ0n) is 12.0. The van der Waals surface area contributed by atoms with Gasteiger partial charge in [0.15, 0.2) is 0 Å². The van der Waals surface area contributed by atoms with E-state index in [1.165, 1.54) is 51.4 Å². The van der Waals surface area contributed by atoms with Gasteiger partial charge in [0.25, 0.3) is 0 Å². The molecule has 0 aromatic rings. The predicted octanol–water partition coefficient (Wildman–Crippen LogP) is 5.98. The van der Waals surface area contributed by atoms with Gasteiger partial charge in [-0.05, 0) is 37.5 Å². The Labute approximate surface area is 104 Å². The van der Waals surface area contributed by atoms with Crippen LogP contribution in [0.15, 0.2) is 12.2 Å². The van der Waals surface area contributed by atoms with E-state index in [0.717, 1.165) is 11.8 Å². The van der Waals surface area contributed by atoms with Crippen LogP contribution in [0, 0.1) is 11.8 Å². The van der Waals surface area contributed by atoms with E-state index in [0.29, 0.717) is 0 Å². The normalized spacial score (nSPS) is 12.1. The molecular formula is C16H32. The van der Waals surface area contributed by atoms with Crippen molar-refractivity contribution in [1.29, 1.82) is 0 Å². The average molecular weight is 224 g/mol. The highest BCUT2D eigenvalue weighted by atomic mass is 14.0. The maximum Gasteiger partial charge on any atom is -0.0351 e. The molecule has 0 fully saturated rings. The van der Waals surface area contributed by atoms with Crippen LogP contribution in [0.5, 0.6) is 0 Å². The number of hydrogen-bond acceptors (Lipinski definition) is 0. The monoisotopic (exact) mass is 224 g/mol. The molecular weight excluding hydrogens is 192 g/mol. The molecule has 0 bridgehead atoms. The summed E-state index contributed by atoms with van der Waals surface area (Å²) >= 11 is 0. The summed E-state index contributed by atoms with van der Waals surface area (Å²) in [6.45, 7) is 9.24. The molecule has 0 saturated heterocycles. The number of allylic oxidation sites excluding steroid dienone is 2. The molecule has 0 nitrogen and oxygen atoms in total. The summed E-state index contributed by atoms with van der Waals surface area (Å²) < 4.78 is 0. The lowest BCUT2D eigenvalue weighted by atomic mass is 10.0. The van der Waals surface area contributed by atoms with Gasteiger partial charge in [-0.1, -0.05) is 65.5 Å². The topological polar surface area (TPSA) is 0 Å². The van der Waals surface area contributed by atoms with E-state index in [1.54, 1.807) is 0 Å². The second-order valence-corrected chi connectivity index (χ2v) is 5.83. The van der Waals surface area contributed by atoms with Crippen molar-refractivity contribution in [1.82, 2.24) is 0 Å². The van der Waals surface area contributed by atoms with Gasteiger partial charge in [-0.25, -0.2) is 0 Å². The van der Waals surface area contributed by atoms with Crippen LogP contribution in [-0.2, 0) is 0 Å². The maximum atomic E-state index is 2.38. The molecule has 0 amide bonds. The van der Waals surface area contributed by atoms with Gasteiger partial charge in [0.2, 0.25) is 0 Å². The van der Waals surface area contributed by atoms with Crippen LogP contribution >= 0.6 is 0 Å². The van der Waals surface area contributed by atoms with Gasteiger partial charge in [0.05, 0.1) is 0 Å². The summed E-state index contributed by atoms with van der Waals surface area (Å²) in [6, 6.07) is 0. The third-order valence-corrected chi connectivity index (χ3v) is 2.97. The molecule has 0 aromatic heterocycles. The van der Waals surface area contributed by atoms with Crippen molar-refractivity contribution in [3.63, 3.8) is 0 Å². The first-order valence-corrected chi connectivity index (χ1v) is 7.28. The van der Waals surface area contributed by atoms with Crippen LogP contribution in [0.3, 0.4) is 0 Å². The molecule has 0 atom stereocenters. The van der Waals surface area contributed by atoms with E-state index in [1.807, 2.05) is 0 Å². The zero-order chi connectivity index (χ0) is 12.2. The fourth-order valence-electron chi connectivity index (χ4n) is 1.87. The summed E-state index contributed by atoms with van der Waals surface area (Å²) in [4.78, 5) is 0. The molecule has 0 rings (SSSR count). The summed E-state index contributed by atoms with van der Waals surface area (Å²) in [5.74, 6) is 1.75. The first-order chi connectivity index (χ1) is 7.63. The standard InChI is InChI=1S/C16H32/c1-15(2)13-11-9-7-5-6-8-10-12-14-16(3)4/h5-6,15-16H,7-14H2,1-4H3/b6-5-. The fourth-order valence-corrected chi connectivity index (χ4v) is 1.87. The molecule has 0 aliphatic heterocycles. The Kier molecular flexibility index (Phi) is 11.0. The maximum absolute atomic E-state index is 2.38. The van der Waals surface area contributed by atoms with Crippen molar-refractivity contribution in [2.24, 2.45) is 11.8 Å². The van der Waals surface area contributed by atoms with Crippen LogP contribution in [0.25, 0.3) is 0 Å². The van der Waals surface area contributed by atoms with Gasteiger partial charge in [-0.2, -0.15) is 0 Å². The molecule has 0 heterocycles. The Morgan fingerprint density at radius 2 is 1.00 bits per heavy atom. The minimum absolute atomic E-state index is 0.875. The van der Waals surface area contributed by atoms with Crippen LogP contribution in [-0.4, -0.2) is 0 Å². The van der Waals surface area contributed by atoms with Gasteiger partial charge in [-0.3, -0.25) is 0 Å². The van der Waals surface area contributed by atoms with Crippen LogP contribution in [0.1, 0.15) is 79.1 Å². The second-order valence-electron chi connectivity index (χ2n) is 5.83. The predicted molar refractivity (Wildman–Crippen MR) is 75.8 cm³/mol. The molecule has 0 aromatic carbocycles. The van der Waals surface area contributed by atoms with Gasteiger partial charge < -0.3 is 0 Å². The lowest BCUT2D eigenvalue weighted by Gasteiger charge is -2.02. The van der Waals surface area contributed by atoms with E-state index in [9.17, 15) is 0 Å². The molecule has 0 heteroatoms. The third-order valence-electron chi connectivity index (χ3n) is 2.97. The molecule has 96 valence electrons. The van der Waals surface area contributed by atoms with E-state index in [-0.39, 0.29) is 0 Å². The van der Waals surface area contributed by atoms with Gasteiger partial charge in [-0.15, -0.1) is 0 Å². The minimum Gasteiger partial charge on any atom is -0.0885 e. The highest BCUT2D eigenvalue weighted by Crippen LogP contribution is 2.10. The molecule has 0 saturated carbocycles. The van der Waals surface area contributed by atoms with Crippen molar-refractivity contribution in [2.75, 3.05) is 0 Å². The van der Waals surface area contributed by atoms with Crippen LogP contribution in [0.2, 0.25) is 0 Å². The van der Waals surface area contributed by atoms with E-state index >= 15 is 0 Å². The number of unbranched alkanes of at least 4 members (excludes halogenated alkanes) is 4. The summed E-state index contributed by atoms with van der Waals surface area (Å²) in [5, 5.41) is 0. The Bertz CT molecular complexity index is 135. The summed E-state index contributed by atoms with van der Waals surface area (Å²) in [5.41, 5.74) is 0. The largest absolute Gasteiger partial charge is 0.0885 e. The average Bonchev–Trinajstić information content (AvgIpc) is 2.20. The van der Waals surface area contributed by atoms with Gasteiger partial charge in [0, 0.05) is 0 Å². The Morgan fingerprint density at radius 1 is 0.625 bits per heavy atom. The fraction of sp³-hybridized carbons (Fsp3) is 0.875. The lowest BCUT2D eigenvalue weighted by Crippen LogP contribution is -1.86. The van der Waals surface area contributed by atoms with Crippen LogP contribution < -0.4 is 0 Å². The van der Waals surface area contributed by atoms with Crippen LogP contribution in [0.4, 0.5) is 0 Å². The van der Waals surface area contributed by atoms with Gasteiger partial charge >= 0.3 is 0 Å². The minimum atomic E-state index is 0.875. The number of rotatable bonds is 10. The zero-order valence-corrected chi connectivity index (χ0v) is 12.0. The van der Waals surface area contributed by atoms with Crippen molar-refractivity contribution < 1.29 is 0 Å². The Balaban J connectivity index is 3.10. The first kappa shape index (κ1) is 15.7. The molecule has 0 aliphatic carbocycles. The molecule has 0 N–H and O–H groups in total.